The van der Waals surface area contributed by atoms with Gasteiger partial charge in [0.05, 0.1) is 18.1 Å². The Bertz CT molecular complexity index is 673. The molecule has 0 saturated carbocycles. The minimum Gasteiger partial charge on any atom is -0.341 e. The summed E-state index contributed by atoms with van der Waals surface area (Å²) in [5, 5.41) is 0. The molecule has 4 rings (SSSR count). The Morgan fingerprint density at radius 2 is 1.60 bits per heavy atom. The average Bonchev–Trinajstić information content (AvgIpc) is 2.66. The zero-order valence-corrected chi connectivity index (χ0v) is 14.4. The third kappa shape index (κ3) is 3.79. The maximum atomic E-state index is 13.0. The second kappa shape index (κ2) is 7.04. The van der Waals surface area contributed by atoms with Crippen LogP contribution in [0.25, 0.3) is 0 Å². The van der Waals surface area contributed by atoms with E-state index in [9.17, 15) is 4.39 Å². The minimum atomic E-state index is -0.377. The van der Waals surface area contributed by atoms with Gasteiger partial charge in [0.1, 0.15) is 0 Å². The molecule has 25 heavy (non-hydrogen) atoms. The van der Waals surface area contributed by atoms with Crippen molar-refractivity contribution in [2.75, 3.05) is 31.1 Å². The summed E-state index contributed by atoms with van der Waals surface area (Å²) in [4.78, 5) is 17.4. The lowest BCUT2D eigenvalue weighted by Crippen LogP contribution is -2.47. The van der Waals surface area contributed by atoms with Gasteiger partial charge in [-0.05, 0) is 56.3 Å². The summed E-state index contributed by atoms with van der Waals surface area (Å²) < 4.78 is 13.0. The Morgan fingerprint density at radius 3 is 2.24 bits per heavy atom. The van der Waals surface area contributed by atoms with Gasteiger partial charge in [0.2, 0.25) is 5.95 Å². The van der Waals surface area contributed by atoms with Gasteiger partial charge in [0, 0.05) is 25.8 Å². The number of piperidine rings is 2. The molecule has 5 nitrogen and oxygen atoms in total. The van der Waals surface area contributed by atoms with Crippen LogP contribution in [-0.2, 0) is 6.54 Å². The van der Waals surface area contributed by atoms with Crippen LogP contribution in [-0.4, -0.2) is 46.0 Å². The fourth-order valence-electron chi connectivity index (χ4n) is 4.06. The predicted molar refractivity (Wildman–Crippen MR) is 94.6 cm³/mol. The highest BCUT2D eigenvalue weighted by Crippen LogP contribution is 2.41. The molecule has 4 heterocycles. The van der Waals surface area contributed by atoms with Gasteiger partial charge in [-0.2, -0.15) is 0 Å². The largest absolute Gasteiger partial charge is 0.341 e. The van der Waals surface area contributed by atoms with Gasteiger partial charge < -0.3 is 4.90 Å². The average molecular weight is 341 g/mol. The van der Waals surface area contributed by atoms with Crippen molar-refractivity contribution in [2.45, 2.75) is 32.2 Å². The lowest BCUT2D eigenvalue weighted by molar-refractivity contribution is 0.0749. The van der Waals surface area contributed by atoms with Crippen LogP contribution in [0.1, 0.15) is 31.4 Å². The van der Waals surface area contributed by atoms with E-state index >= 15 is 0 Å². The Morgan fingerprint density at radius 1 is 0.920 bits per heavy atom. The van der Waals surface area contributed by atoms with Gasteiger partial charge >= 0.3 is 0 Å². The molecule has 2 saturated heterocycles. The number of nitrogens with zero attached hydrogens (tertiary/aromatic N) is 5. The summed E-state index contributed by atoms with van der Waals surface area (Å²) in [5.41, 5.74) is 1.61. The zero-order valence-electron chi connectivity index (χ0n) is 14.4. The minimum absolute atomic E-state index is 0.377. The van der Waals surface area contributed by atoms with Crippen molar-refractivity contribution in [3.8, 4) is 0 Å². The number of rotatable bonds is 3. The fourth-order valence-corrected chi connectivity index (χ4v) is 4.06. The number of likely N-dealkylation sites (tertiary alicyclic amines) is 1. The molecule has 0 aliphatic carbocycles. The van der Waals surface area contributed by atoms with E-state index in [1.165, 1.54) is 38.1 Å². The first-order chi connectivity index (χ1) is 12.2. The molecule has 1 spiro atoms. The van der Waals surface area contributed by atoms with Crippen molar-refractivity contribution in [2.24, 2.45) is 5.41 Å². The lowest BCUT2D eigenvalue weighted by Gasteiger charge is -2.46. The van der Waals surface area contributed by atoms with E-state index in [1.807, 2.05) is 12.3 Å². The van der Waals surface area contributed by atoms with Crippen LogP contribution >= 0.6 is 0 Å². The molecule has 2 aliphatic heterocycles. The van der Waals surface area contributed by atoms with Gasteiger partial charge in [-0.3, -0.25) is 9.88 Å². The highest BCUT2D eigenvalue weighted by molar-refractivity contribution is 5.29. The van der Waals surface area contributed by atoms with Gasteiger partial charge in [-0.1, -0.05) is 6.07 Å². The molecule has 0 atom stereocenters. The third-order valence-electron chi connectivity index (χ3n) is 5.74. The molecule has 2 aliphatic rings. The number of hydrogen-bond donors (Lipinski definition) is 0. The maximum Gasteiger partial charge on any atom is 0.225 e. The lowest BCUT2D eigenvalue weighted by atomic mass is 9.71. The summed E-state index contributed by atoms with van der Waals surface area (Å²) in [6, 6.07) is 6.12. The first kappa shape index (κ1) is 16.4. The molecule has 0 amide bonds. The first-order valence-corrected chi connectivity index (χ1v) is 9.07. The van der Waals surface area contributed by atoms with Crippen LogP contribution in [0.4, 0.5) is 10.3 Å². The second-order valence-electron chi connectivity index (χ2n) is 7.29. The summed E-state index contributed by atoms with van der Waals surface area (Å²) in [6.07, 6.45) is 9.21. The number of pyridine rings is 1. The van der Waals surface area contributed by atoms with E-state index < -0.39 is 0 Å². The van der Waals surface area contributed by atoms with Crippen LogP contribution in [0.5, 0.6) is 0 Å². The molecule has 132 valence electrons. The topological polar surface area (TPSA) is 45.2 Å². The summed E-state index contributed by atoms with van der Waals surface area (Å²) >= 11 is 0. The van der Waals surface area contributed by atoms with Crippen molar-refractivity contribution < 1.29 is 4.39 Å². The van der Waals surface area contributed by atoms with E-state index in [2.05, 4.69) is 36.9 Å². The molecule has 0 aromatic carbocycles. The Labute approximate surface area is 147 Å². The normalized spacial score (nSPS) is 20.8. The molecule has 2 aromatic heterocycles. The monoisotopic (exact) mass is 341 g/mol. The number of anilines is 1. The van der Waals surface area contributed by atoms with Crippen molar-refractivity contribution in [1.82, 2.24) is 19.9 Å². The van der Waals surface area contributed by atoms with Crippen molar-refractivity contribution in [3.63, 3.8) is 0 Å². The van der Waals surface area contributed by atoms with Crippen LogP contribution < -0.4 is 4.90 Å². The number of halogens is 1. The second-order valence-corrected chi connectivity index (χ2v) is 7.29. The molecule has 0 N–H and O–H groups in total. The Balaban J connectivity index is 1.30. The molecule has 2 fully saturated rings. The molecule has 2 aromatic rings. The Kier molecular flexibility index (Phi) is 4.61. The number of aromatic nitrogens is 3. The predicted octanol–water partition coefficient (Wildman–Crippen LogP) is 2.89. The van der Waals surface area contributed by atoms with Gasteiger partial charge in [0.15, 0.2) is 5.82 Å². The summed E-state index contributed by atoms with van der Waals surface area (Å²) in [7, 11) is 0. The molecular weight excluding hydrogens is 317 g/mol. The van der Waals surface area contributed by atoms with Crippen LogP contribution in [0.15, 0.2) is 36.8 Å². The van der Waals surface area contributed by atoms with Crippen molar-refractivity contribution >= 4 is 5.95 Å². The van der Waals surface area contributed by atoms with E-state index in [-0.39, 0.29) is 5.82 Å². The third-order valence-corrected chi connectivity index (χ3v) is 5.74. The summed E-state index contributed by atoms with van der Waals surface area (Å²) in [6.45, 7) is 5.16. The highest BCUT2D eigenvalue weighted by atomic mass is 19.1. The SMILES string of the molecule is Fc1cnc(N2CCC3(CCN(Cc4ccccn4)CC3)CC2)nc1. The molecule has 0 radical (unpaired) electrons. The van der Waals surface area contributed by atoms with Crippen molar-refractivity contribution in [1.29, 1.82) is 0 Å². The Hall–Kier alpha value is -2.08. The van der Waals surface area contributed by atoms with Crippen molar-refractivity contribution in [3.05, 3.63) is 48.3 Å². The van der Waals surface area contributed by atoms with E-state index in [1.54, 1.807) is 0 Å². The van der Waals surface area contributed by atoms with E-state index in [0.717, 1.165) is 38.4 Å². The van der Waals surface area contributed by atoms with E-state index in [0.29, 0.717) is 11.4 Å². The van der Waals surface area contributed by atoms with Crippen LogP contribution in [0, 0.1) is 11.2 Å². The smallest absolute Gasteiger partial charge is 0.225 e. The molecular formula is C19H24FN5. The molecule has 6 heteroatoms. The van der Waals surface area contributed by atoms with Crippen LogP contribution in [0.2, 0.25) is 0 Å². The van der Waals surface area contributed by atoms with E-state index in [4.69, 9.17) is 0 Å². The highest BCUT2D eigenvalue weighted by Gasteiger charge is 2.38. The number of hydrogen-bond acceptors (Lipinski definition) is 5. The standard InChI is InChI=1S/C19H24FN5/c20-16-13-22-18(23-14-16)25-11-6-19(7-12-25)4-9-24(10-5-19)15-17-3-1-2-8-21-17/h1-3,8,13-14H,4-7,9-12,15H2. The molecule has 0 bridgehead atoms. The van der Waals surface area contributed by atoms with Crippen LogP contribution in [0.3, 0.4) is 0 Å². The van der Waals surface area contributed by atoms with Gasteiger partial charge in [-0.25, -0.2) is 14.4 Å². The first-order valence-electron chi connectivity index (χ1n) is 9.07. The fraction of sp³-hybridized carbons (Fsp3) is 0.526. The van der Waals surface area contributed by atoms with Gasteiger partial charge in [-0.15, -0.1) is 0 Å². The zero-order chi connectivity index (χ0) is 17.1. The quantitative estimate of drug-likeness (QED) is 0.859. The van der Waals surface area contributed by atoms with Gasteiger partial charge in [0.25, 0.3) is 0 Å². The maximum absolute atomic E-state index is 13.0. The summed E-state index contributed by atoms with van der Waals surface area (Å²) in [5.74, 6) is 0.279. The molecule has 0 unspecified atom stereocenters.